The van der Waals surface area contributed by atoms with Crippen molar-refractivity contribution in [2.24, 2.45) is 0 Å². The standard InChI is InChI=1S/C22H22Cl2N2O5S/c1-22(9-10-26(22)20(27)7-3-14-2-4-16(23)13-18(14)24)21(28)25-32(29,30)17-5-6-19-15(12-17)8-11-31-19/h2,4-6,12-13H,3,7-11H2,1H3,(H,25,28). The molecule has 2 aromatic rings. The molecular weight excluding hydrogens is 475 g/mol. The summed E-state index contributed by atoms with van der Waals surface area (Å²) >= 11 is 12.1. The first-order valence-electron chi connectivity index (χ1n) is 10.2. The minimum atomic E-state index is -4.08. The summed E-state index contributed by atoms with van der Waals surface area (Å²) in [4.78, 5) is 27.1. The van der Waals surface area contributed by atoms with Crippen LogP contribution in [0.15, 0.2) is 41.3 Å². The normalized spacial score (nSPS) is 19.7. The average Bonchev–Trinajstić information content (AvgIpc) is 3.19. The predicted molar refractivity (Wildman–Crippen MR) is 120 cm³/mol. The number of ether oxygens (including phenoxy) is 1. The Bertz CT molecular complexity index is 1200. The van der Waals surface area contributed by atoms with Crippen LogP contribution in [0.3, 0.4) is 0 Å². The summed E-state index contributed by atoms with van der Waals surface area (Å²) < 4.78 is 33.1. The molecule has 0 aromatic heterocycles. The highest BCUT2D eigenvalue weighted by atomic mass is 35.5. The molecule has 1 fully saturated rings. The molecule has 10 heteroatoms. The Balaban J connectivity index is 1.42. The molecule has 0 bridgehead atoms. The molecule has 2 amide bonds. The Morgan fingerprint density at radius 1 is 1.19 bits per heavy atom. The van der Waals surface area contributed by atoms with Gasteiger partial charge in [-0.3, -0.25) is 9.59 Å². The molecule has 0 aliphatic carbocycles. The summed E-state index contributed by atoms with van der Waals surface area (Å²) in [6, 6.07) is 9.57. The molecule has 0 spiro atoms. The van der Waals surface area contributed by atoms with E-state index in [1.807, 2.05) is 0 Å². The fourth-order valence-electron chi connectivity index (χ4n) is 3.92. The number of sulfonamides is 1. The van der Waals surface area contributed by atoms with E-state index < -0.39 is 21.5 Å². The fourth-order valence-corrected chi connectivity index (χ4v) is 5.55. The molecule has 1 N–H and O–H groups in total. The van der Waals surface area contributed by atoms with Crippen LogP contribution in [0.4, 0.5) is 0 Å². The summed E-state index contributed by atoms with van der Waals surface area (Å²) in [5.41, 5.74) is 0.334. The van der Waals surface area contributed by atoms with Gasteiger partial charge in [-0.2, -0.15) is 0 Å². The summed E-state index contributed by atoms with van der Waals surface area (Å²) in [5, 5.41) is 0.981. The molecule has 32 heavy (non-hydrogen) atoms. The summed E-state index contributed by atoms with van der Waals surface area (Å²) in [7, 11) is -4.08. The number of nitrogens with one attached hydrogen (secondary N) is 1. The van der Waals surface area contributed by atoms with Gasteiger partial charge in [0, 0.05) is 29.4 Å². The lowest BCUT2D eigenvalue weighted by Crippen LogP contribution is -2.67. The third-order valence-corrected chi connectivity index (χ3v) is 7.95. The topological polar surface area (TPSA) is 92.8 Å². The molecule has 7 nitrogen and oxygen atoms in total. The van der Waals surface area contributed by atoms with Crippen molar-refractivity contribution in [2.45, 2.75) is 43.0 Å². The van der Waals surface area contributed by atoms with Gasteiger partial charge in [-0.25, -0.2) is 13.1 Å². The molecule has 4 rings (SSSR count). The molecule has 1 atom stereocenters. The van der Waals surface area contributed by atoms with Crippen molar-refractivity contribution >= 4 is 45.0 Å². The maximum atomic E-state index is 12.9. The average molecular weight is 497 g/mol. The lowest BCUT2D eigenvalue weighted by molar-refractivity contribution is -0.156. The molecule has 2 aromatic carbocycles. The Hall–Kier alpha value is -2.29. The molecule has 2 aliphatic heterocycles. The van der Waals surface area contributed by atoms with Gasteiger partial charge in [0.1, 0.15) is 11.3 Å². The number of nitrogens with zero attached hydrogens (tertiary/aromatic N) is 1. The van der Waals surface area contributed by atoms with Gasteiger partial charge in [-0.1, -0.05) is 29.3 Å². The highest BCUT2D eigenvalue weighted by Crippen LogP contribution is 2.33. The van der Waals surface area contributed by atoms with Crippen molar-refractivity contribution in [3.63, 3.8) is 0 Å². The van der Waals surface area contributed by atoms with Gasteiger partial charge in [0.05, 0.1) is 11.5 Å². The van der Waals surface area contributed by atoms with Crippen molar-refractivity contribution in [3.8, 4) is 5.75 Å². The van der Waals surface area contributed by atoms with Crippen LogP contribution in [-0.2, 0) is 32.5 Å². The number of fused-ring (bicyclic) bond motifs is 1. The van der Waals surface area contributed by atoms with Gasteiger partial charge in [0.15, 0.2) is 0 Å². The number of benzene rings is 2. The number of hydrogen-bond donors (Lipinski definition) is 1. The number of rotatable bonds is 6. The third-order valence-electron chi connectivity index (χ3n) is 6.03. The number of amides is 2. The number of aryl methyl sites for hydroxylation is 1. The Morgan fingerprint density at radius 3 is 2.66 bits per heavy atom. The monoisotopic (exact) mass is 496 g/mol. The summed E-state index contributed by atoms with van der Waals surface area (Å²) in [6.07, 6.45) is 1.52. The first kappa shape index (κ1) is 22.9. The molecule has 1 saturated heterocycles. The second-order valence-electron chi connectivity index (χ2n) is 8.11. The van der Waals surface area contributed by atoms with Crippen LogP contribution in [0, 0.1) is 0 Å². The maximum absolute atomic E-state index is 12.9. The van der Waals surface area contributed by atoms with Gasteiger partial charge in [-0.05, 0) is 61.2 Å². The van der Waals surface area contributed by atoms with Gasteiger partial charge >= 0.3 is 0 Å². The molecule has 170 valence electrons. The maximum Gasteiger partial charge on any atom is 0.264 e. The van der Waals surface area contributed by atoms with E-state index in [4.69, 9.17) is 27.9 Å². The van der Waals surface area contributed by atoms with Crippen LogP contribution < -0.4 is 9.46 Å². The molecule has 2 aliphatic rings. The largest absolute Gasteiger partial charge is 0.493 e. The fraction of sp³-hybridized carbons (Fsp3) is 0.364. The molecule has 0 radical (unpaired) electrons. The second kappa shape index (κ2) is 8.57. The minimum Gasteiger partial charge on any atom is -0.493 e. The molecule has 2 heterocycles. The van der Waals surface area contributed by atoms with Gasteiger partial charge in [0.2, 0.25) is 5.91 Å². The van der Waals surface area contributed by atoms with Crippen LogP contribution in [-0.4, -0.2) is 43.8 Å². The van der Waals surface area contributed by atoms with E-state index >= 15 is 0 Å². The lowest BCUT2D eigenvalue weighted by atomic mass is 9.85. The highest BCUT2D eigenvalue weighted by Gasteiger charge is 2.50. The Morgan fingerprint density at radius 2 is 1.97 bits per heavy atom. The number of carbonyl (C=O) groups is 2. The van der Waals surface area contributed by atoms with E-state index in [-0.39, 0.29) is 17.2 Å². The van der Waals surface area contributed by atoms with Gasteiger partial charge < -0.3 is 9.64 Å². The van der Waals surface area contributed by atoms with Crippen LogP contribution in [0.5, 0.6) is 5.75 Å². The lowest BCUT2D eigenvalue weighted by Gasteiger charge is -2.49. The van der Waals surface area contributed by atoms with Gasteiger partial charge in [-0.15, -0.1) is 0 Å². The predicted octanol–water partition coefficient (Wildman–Crippen LogP) is 3.36. The quantitative estimate of drug-likeness (QED) is 0.661. The van der Waals surface area contributed by atoms with Crippen LogP contribution in [0.1, 0.15) is 30.9 Å². The number of likely N-dealkylation sites (tertiary alicyclic amines) is 1. The van der Waals surface area contributed by atoms with Crippen LogP contribution in [0.2, 0.25) is 10.0 Å². The number of halogens is 2. The highest BCUT2D eigenvalue weighted by molar-refractivity contribution is 7.90. The van der Waals surface area contributed by atoms with Crippen molar-refractivity contribution in [2.75, 3.05) is 13.2 Å². The van der Waals surface area contributed by atoms with E-state index in [1.54, 1.807) is 31.2 Å². The summed E-state index contributed by atoms with van der Waals surface area (Å²) in [6.45, 7) is 2.46. The van der Waals surface area contributed by atoms with Gasteiger partial charge in [0.25, 0.3) is 15.9 Å². The van der Waals surface area contributed by atoms with Crippen molar-refractivity contribution in [1.82, 2.24) is 9.62 Å². The van der Waals surface area contributed by atoms with Crippen LogP contribution in [0.25, 0.3) is 0 Å². The molecule has 0 saturated carbocycles. The van der Waals surface area contributed by atoms with Crippen molar-refractivity contribution in [1.29, 1.82) is 0 Å². The Labute approximate surface area is 196 Å². The first-order valence-corrected chi connectivity index (χ1v) is 12.4. The van der Waals surface area contributed by atoms with Crippen molar-refractivity contribution < 1.29 is 22.7 Å². The molecular formula is C22H22Cl2N2O5S. The zero-order valence-electron chi connectivity index (χ0n) is 17.4. The van der Waals surface area contributed by atoms with E-state index in [9.17, 15) is 18.0 Å². The smallest absolute Gasteiger partial charge is 0.264 e. The second-order valence-corrected chi connectivity index (χ2v) is 10.6. The zero-order chi connectivity index (χ0) is 23.1. The summed E-state index contributed by atoms with van der Waals surface area (Å²) in [5.74, 6) is -0.316. The number of carbonyl (C=O) groups excluding carboxylic acids is 2. The van der Waals surface area contributed by atoms with E-state index in [0.29, 0.717) is 48.2 Å². The van der Waals surface area contributed by atoms with E-state index in [0.717, 1.165) is 11.1 Å². The third kappa shape index (κ3) is 4.31. The Kier molecular flexibility index (Phi) is 6.13. The zero-order valence-corrected chi connectivity index (χ0v) is 19.7. The first-order chi connectivity index (χ1) is 15.1. The van der Waals surface area contributed by atoms with E-state index in [1.165, 1.54) is 17.0 Å². The number of hydrogen-bond acceptors (Lipinski definition) is 5. The SMILES string of the molecule is CC1(C(=O)NS(=O)(=O)c2ccc3c(c2)CCO3)CCN1C(=O)CCc1ccc(Cl)cc1Cl. The minimum absolute atomic E-state index is 0.00622. The van der Waals surface area contributed by atoms with Crippen molar-refractivity contribution in [3.05, 3.63) is 57.6 Å². The van der Waals surface area contributed by atoms with Crippen LogP contribution >= 0.6 is 23.2 Å². The molecule has 1 unspecified atom stereocenters. The van der Waals surface area contributed by atoms with E-state index in [2.05, 4.69) is 4.72 Å².